The molecule has 5 nitrogen and oxygen atoms in total. The molecule has 0 radical (unpaired) electrons. The number of nitrogens with two attached hydrogens (primary N) is 1. The van der Waals surface area contributed by atoms with Crippen LogP contribution < -0.4 is 16.0 Å². The summed E-state index contributed by atoms with van der Waals surface area (Å²) < 4.78 is 0. The molecule has 2 aliphatic rings. The fourth-order valence-electron chi connectivity index (χ4n) is 3.34. The fourth-order valence-corrected chi connectivity index (χ4v) is 3.34. The van der Waals surface area contributed by atoms with E-state index in [0.29, 0.717) is 17.3 Å². The van der Waals surface area contributed by atoms with Crippen LogP contribution in [-0.2, 0) is 0 Å². The number of nitrogens with one attached hydrogen (secondary N) is 1. The molecule has 2 heterocycles. The van der Waals surface area contributed by atoms with Crippen molar-refractivity contribution in [2.24, 2.45) is 0 Å². The summed E-state index contributed by atoms with van der Waals surface area (Å²) in [5, 5.41) is 2.62. The van der Waals surface area contributed by atoms with Gasteiger partial charge in [0.15, 0.2) is 0 Å². The molecule has 2 fully saturated rings. The van der Waals surface area contributed by atoms with Crippen molar-refractivity contribution >= 4 is 17.3 Å². The molecule has 1 aromatic carbocycles. The highest BCUT2D eigenvalue weighted by Gasteiger charge is 2.31. The van der Waals surface area contributed by atoms with Crippen LogP contribution in [0.3, 0.4) is 0 Å². The standard InChI is InChI=1S/C15H22N4O/c1-17-15(20)11-4-5-14(13(16)9-11)19-8-7-18-6-2-3-12(18)10-19/h4-5,9,12H,2-3,6-8,10,16H2,1H3,(H,17,20). The molecule has 3 rings (SSSR count). The first kappa shape index (κ1) is 13.2. The van der Waals surface area contributed by atoms with Gasteiger partial charge in [0.25, 0.3) is 5.91 Å². The molecule has 2 aliphatic heterocycles. The Bertz CT molecular complexity index is 517. The van der Waals surface area contributed by atoms with Gasteiger partial charge in [0.1, 0.15) is 0 Å². The molecule has 5 heteroatoms. The van der Waals surface area contributed by atoms with Crippen LogP contribution in [0.2, 0.25) is 0 Å². The summed E-state index contributed by atoms with van der Waals surface area (Å²) in [4.78, 5) is 16.5. The van der Waals surface area contributed by atoms with E-state index >= 15 is 0 Å². The SMILES string of the molecule is CNC(=O)c1ccc(N2CCN3CCCC3C2)c(N)c1. The Kier molecular flexibility index (Phi) is 3.53. The van der Waals surface area contributed by atoms with Gasteiger partial charge in [-0.1, -0.05) is 0 Å². The number of benzene rings is 1. The van der Waals surface area contributed by atoms with E-state index in [1.54, 1.807) is 13.1 Å². The van der Waals surface area contributed by atoms with Crippen molar-refractivity contribution < 1.29 is 4.79 Å². The molecule has 0 spiro atoms. The van der Waals surface area contributed by atoms with Gasteiger partial charge in [0.2, 0.25) is 0 Å². The van der Waals surface area contributed by atoms with E-state index in [0.717, 1.165) is 25.3 Å². The van der Waals surface area contributed by atoms with Crippen LogP contribution in [0.1, 0.15) is 23.2 Å². The number of piperazine rings is 1. The monoisotopic (exact) mass is 274 g/mol. The van der Waals surface area contributed by atoms with Gasteiger partial charge in [-0.05, 0) is 37.6 Å². The lowest BCUT2D eigenvalue weighted by atomic mass is 10.1. The van der Waals surface area contributed by atoms with Crippen molar-refractivity contribution in [1.82, 2.24) is 10.2 Å². The number of hydrogen-bond donors (Lipinski definition) is 2. The number of amides is 1. The molecule has 0 saturated carbocycles. The number of nitrogens with zero attached hydrogens (tertiary/aromatic N) is 2. The maximum absolute atomic E-state index is 11.6. The second kappa shape index (κ2) is 5.32. The second-order valence-electron chi connectivity index (χ2n) is 5.63. The number of carbonyl (C=O) groups excluding carboxylic acids is 1. The minimum Gasteiger partial charge on any atom is -0.397 e. The molecule has 108 valence electrons. The molecule has 2 saturated heterocycles. The number of carbonyl (C=O) groups is 1. The lowest BCUT2D eigenvalue weighted by Gasteiger charge is -2.39. The third-order valence-corrected chi connectivity index (χ3v) is 4.44. The van der Waals surface area contributed by atoms with Crippen molar-refractivity contribution in [3.63, 3.8) is 0 Å². The van der Waals surface area contributed by atoms with Gasteiger partial charge in [-0.2, -0.15) is 0 Å². The fraction of sp³-hybridized carbons (Fsp3) is 0.533. The van der Waals surface area contributed by atoms with Gasteiger partial charge in [0.05, 0.1) is 11.4 Å². The van der Waals surface area contributed by atoms with Gasteiger partial charge < -0.3 is 16.0 Å². The van der Waals surface area contributed by atoms with Crippen molar-refractivity contribution in [3.05, 3.63) is 23.8 Å². The van der Waals surface area contributed by atoms with Gasteiger partial charge in [0, 0.05) is 38.3 Å². The molecule has 1 atom stereocenters. The first-order chi connectivity index (χ1) is 9.69. The summed E-state index contributed by atoms with van der Waals surface area (Å²) in [7, 11) is 1.63. The van der Waals surface area contributed by atoms with Crippen LogP contribution in [0.25, 0.3) is 0 Å². The minimum atomic E-state index is -0.0936. The molecule has 1 unspecified atom stereocenters. The van der Waals surface area contributed by atoms with Gasteiger partial charge >= 0.3 is 0 Å². The number of nitrogen functional groups attached to an aromatic ring is 1. The molecule has 1 amide bonds. The maximum atomic E-state index is 11.6. The summed E-state index contributed by atoms with van der Waals surface area (Å²) in [6.07, 6.45) is 2.59. The number of anilines is 2. The average molecular weight is 274 g/mol. The Morgan fingerprint density at radius 3 is 2.95 bits per heavy atom. The van der Waals surface area contributed by atoms with E-state index in [1.807, 2.05) is 12.1 Å². The van der Waals surface area contributed by atoms with E-state index in [-0.39, 0.29) is 5.91 Å². The Balaban J connectivity index is 1.78. The summed E-state index contributed by atoms with van der Waals surface area (Å²) in [6.45, 7) is 4.41. The first-order valence-corrected chi connectivity index (χ1v) is 7.29. The number of hydrogen-bond acceptors (Lipinski definition) is 4. The summed E-state index contributed by atoms with van der Waals surface area (Å²) in [6, 6.07) is 6.27. The van der Waals surface area contributed by atoms with Gasteiger partial charge in [-0.15, -0.1) is 0 Å². The van der Waals surface area contributed by atoms with Crippen molar-refractivity contribution in [2.45, 2.75) is 18.9 Å². The maximum Gasteiger partial charge on any atom is 0.251 e. The molecule has 0 aliphatic carbocycles. The quantitative estimate of drug-likeness (QED) is 0.787. The second-order valence-corrected chi connectivity index (χ2v) is 5.63. The Morgan fingerprint density at radius 1 is 1.35 bits per heavy atom. The predicted molar refractivity (Wildman–Crippen MR) is 81.1 cm³/mol. The highest BCUT2D eigenvalue weighted by Crippen LogP contribution is 2.29. The molecule has 0 aromatic heterocycles. The van der Waals surface area contributed by atoms with Crippen LogP contribution in [0.4, 0.5) is 11.4 Å². The zero-order chi connectivity index (χ0) is 14.1. The molecule has 20 heavy (non-hydrogen) atoms. The Labute approximate surface area is 119 Å². The van der Waals surface area contributed by atoms with E-state index in [9.17, 15) is 4.79 Å². The molecule has 1 aromatic rings. The number of fused-ring (bicyclic) bond motifs is 1. The normalized spacial score (nSPS) is 22.6. The van der Waals surface area contributed by atoms with E-state index in [4.69, 9.17) is 5.73 Å². The van der Waals surface area contributed by atoms with Crippen LogP contribution in [0.5, 0.6) is 0 Å². The summed E-state index contributed by atoms with van der Waals surface area (Å²) in [5.41, 5.74) is 8.52. The van der Waals surface area contributed by atoms with Gasteiger partial charge in [-0.25, -0.2) is 0 Å². The Morgan fingerprint density at radius 2 is 2.20 bits per heavy atom. The number of rotatable bonds is 2. The average Bonchev–Trinajstić information content (AvgIpc) is 2.93. The summed E-state index contributed by atoms with van der Waals surface area (Å²) in [5.74, 6) is -0.0936. The molecular formula is C15H22N4O. The van der Waals surface area contributed by atoms with Gasteiger partial charge in [-0.3, -0.25) is 9.69 Å². The highest BCUT2D eigenvalue weighted by molar-refractivity contribution is 5.96. The molecule has 3 N–H and O–H groups in total. The minimum absolute atomic E-state index is 0.0936. The van der Waals surface area contributed by atoms with E-state index in [2.05, 4.69) is 15.1 Å². The van der Waals surface area contributed by atoms with Crippen LogP contribution >= 0.6 is 0 Å². The predicted octanol–water partition coefficient (Wildman–Crippen LogP) is 0.913. The van der Waals surface area contributed by atoms with Crippen LogP contribution in [-0.4, -0.2) is 50.1 Å². The first-order valence-electron chi connectivity index (χ1n) is 7.29. The zero-order valence-electron chi connectivity index (χ0n) is 11.9. The van der Waals surface area contributed by atoms with Crippen molar-refractivity contribution in [3.8, 4) is 0 Å². The van der Waals surface area contributed by atoms with Crippen molar-refractivity contribution in [2.75, 3.05) is 43.9 Å². The largest absolute Gasteiger partial charge is 0.397 e. The lowest BCUT2D eigenvalue weighted by Crippen LogP contribution is -2.50. The van der Waals surface area contributed by atoms with E-state index < -0.39 is 0 Å². The smallest absolute Gasteiger partial charge is 0.251 e. The highest BCUT2D eigenvalue weighted by atomic mass is 16.1. The lowest BCUT2D eigenvalue weighted by molar-refractivity contribution is 0.0963. The van der Waals surface area contributed by atoms with Crippen molar-refractivity contribution in [1.29, 1.82) is 0 Å². The zero-order valence-corrected chi connectivity index (χ0v) is 11.9. The molecule has 0 bridgehead atoms. The molecular weight excluding hydrogens is 252 g/mol. The third-order valence-electron chi connectivity index (χ3n) is 4.44. The van der Waals surface area contributed by atoms with E-state index in [1.165, 1.54) is 19.4 Å². The Hall–Kier alpha value is -1.75. The summed E-state index contributed by atoms with van der Waals surface area (Å²) >= 11 is 0. The third kappa shape index (κ3) is 2.33. The van der Waals surface area contributed by atoms with Crippen LogP contribution in [0, 0.1) is 0 Å². The topological polar surface area (TPSA) is 61.6 Å². The van der Waals surface area contributed by atoms with Crippen LogP contribution in [0.15, 0.2) is 18.2 Å².